The van der Waals surface area contributed by atoms with E-state index in [1.807, 2.05) is 24.8 Å². The van der Waals surface area contributed by atoms with Crippen LogP contribution < -0.4 is 0 Å². The third-order valence-corrected chi connectivity index (χ3v) is 5.59. The molecule has 5 heteroatoms. The average Bonchev–Trinajstić information content (AvgIpc) is 3.34. The fraction of sp³-hybridized carbons (Fsp3) is 0.273. The van der Waals surface area contributed by atoms with Gasteiger partial charge in [-0.05, 0) is 41.6 Å². The molecule has 3 aromatic heterocycles. The minimum Gasteiger partial charge on any atom is -0.348 e. The lowest BCUT2D eigenvalue weighted by molar-refractivity contribution is 0.200. The highest BCUT2D eigenvalue weighted by molar-refractivity contribution is 5.80. The first-order valence-electron chi connectivity index (χ1n) is 9.57. The van der Waals surface area contributed by atoms with E-state index in [1.54, 1.807) is 0 Å². The van der Waals surface area contributed by atoms with Crippen LogP contribution in [0.1, 0.15) is 35.5 Å². The van der Waals surface area contributed by atoms with E-state index in [1.165, 1.54) is 27.7 Å². The molecule has 1 aliphatic heterocycles. The van der Waals surface area contributed by atoms with Crippen molar-refractivity contribution in [2.75, 3.05) is 6.54 Å². The molecule has 5 rings (SSSR count). The van der Waals surface area contributed by atoms with Gasteiger partial charge in [0, 0.05) is 55.9 Å². The molecule has 0 aliphatic carbocycles. The van der Waals surface area contributed by atoms with Gasteiger partial charge in [0.25, 0.3) is 0 Å². The van der Waals surface area contributed by atoms with Gasteiger partial charge in [0.1, 0.15) is 0 Å². The molecule has 0 saturated carbocycles. The molecule has 136 valence electrons. The molecule has 1 aliphatic rings. The van der Waals surface area contributed by atoms with Crippen molar-refractivity contribution in [1.82, 2.24) is 24.4 Å². The van der Waals surface area contributed by atoms with Crippen LogP contribution in [0.4, 0.5) is 0 Å². The second kappa shape index (κ2) is 6.67. The summed E-state index contributed by atoms with van der Waals surface area (Å²) in [5, 5.41) is 1.30. The molecule has 0 unspecified atom stereocenters. The van der Waals surface area contributed by atoms with Crippen LogP contribution >= 0.6 is 0 Å². The minimum atomic E-state index is 0.141. The first-order valence-corrected chi connectivity index (χ1v) is 9.57. The van der Waals surface area contributed by atoms with E-state index >= 15 is 0 Å². The van der Waals surface area contributed by atoms with Gasteiger partial charge in [-0.15, -0.1) is 0 Å². The Balaban J connectivity index is 1.52. The predicted molar refractivity (Wildman–Crippen MR) is 106 cm³/mol. The van der Waals surface area contributed by atoms with Crippen LogP contribution in [0.2, 0.25) is 0 Å². The van der Waals surface area contributed by atoms with Crippen molar-refractivity contribution in [3.63, 3.8) is 0 Å². The monoisotopic (exact) mass is 357 g/mol. The lowest BCUT2D eigenvalue weighted by atomic mass is 9.96. The van der Waals surface area contributed by atoms with Crippen molar-refractivity contribution in [3.05, 3.63) is 83.8 Å². The molecule has 1 aromatic carbocycles. The maximum atomic E-state index is 4.65. The van der Waals surface area contributed by atoms with Crippen LogP contribution in [0.3, 0.4) is 0 Å². The summed E-state index contributed by atoms with van der Waals surface area (Å²) in [6.07, 6.45) is 8.78. The van der Waals surface area contributed by atoms with Crippen LogP contribution in [0.25, 0.3) is 10.9 Å². The van der Waals surface area contributed by atoms with Gasteiger partial charge in [-0.3, -0.25) is 9.88 Å². The van der Waals surface area contributed by atoms with Gasteiger partial charge in [0.05, 0.1) is 18.1 Å². The molecular formula is C22H23N5. The van der Waals surface area contributed by atoms with Gasteiger partial charge in [-0.2, -0.15) is 0 Å². The van der Waals surface area contributed by atoms with E-state index in [-0.39, 0.29) is 6.04 Å². The normalized spacial score (nSPS) is 17.3. The molecule has 0 bridgehead atoms. The predicted octanol–water partition coefficient (Wildman–Crippen LogP) is 3.93. The van der Waals surface area contributed by atoms with Crippen LogP contribution in [0.15, 0.2) is 61.3 Å². The highest BCUT2D eigenvalue weighted by Crippen LogP contribution is 2.34. The Labute approximate surface area is 158 Å². The lowest BCUT2D eigenvalue weighted by Crippen LogP contribution is -2.35. The maximum absolute atomic E-state index is 4.65. The summed E-state index contributed by atoms with van der Waals surface area (Å²) >= 11 is 0. The standard InChI is InChI=1S/C22H23N5/c1-2-26-10-7-17-6-5-16(12-20(17)26)14-27-11-8-19-21(25-15-24-19)22(27)18-4-3-9-23-13-18/h3-7,9-10,12-13,15,22H,2,8,11,14H2,1H3,(H,24,25)/t22-/m0/s1. The van der Waals surface area contributed by atoms with Crippen molar-refractivity contribution >= 4 is 10.9 Å². The summed E-state index contributed by atoms with van der Waals surface area (Å²) in [7, 11) is 0. The van der Waals surface area contributed by atoms with Gasteiger partial charge >= 0.3 is 0 Å². The molecule has 0 fully saturated rings. The van der Waals surface area contributed by atoms with Gasteiger partial charge in [-0.25, -0.2) is 4.98 Å². The quantitative estimate of drug-likeness (QED) is 0.602. The van der Waals surface area contributed by atoms with Gasteiger partial charge in [0.2, 0.25) is 0 Å². The number of aryl methyl sites for hydroxylation is 1. The number of pyridine rings is 1. The number of imidazole rings is 1. The molecule has 4 heterocycles. The van der Waals surface area contributed by atoms with Crippen molar-refractivity contribution in [3.8, 4) is 0 Å². The maximum Gasteiger partial charge on any atom is 0.0926 e. The number of rotatable bonds is 4. The Bertz CT molecular complexity index is 1060. The molecule has 27 heavy (non-hydrogen) atoms. The Kier molecular flexibility index (Phi) is 4.02. The van der Waals surface area contributed by atoms with Crippen LogP contribution in [0.5, 0.6) is 0 Å². The number of aromatic nitrogens is 4. The molecule has 5 nitrogen and oxygen atoms in total. The fourth-order valence-electron chi connectivity index (χ4n) is 4.24. The van der Waals surface area contributed by atoms with E-state index in [9.17, 15) is 0 Å². The van der Waals surface area contributed by atoms with Gasteiger partial charge in [0.15, 0.2) is 0 Å². The summed E-state index contributed by atoms with van der Waals surface area (Å²) in [6.45, 7) is 5.08. The third-order valence-electron chi connectivity index (χ3n) is 5.59. The Hall–Kier alpha value is -2.92. The number of hydrogen-bond acceptors (Lipinski definition) is 3. The molecule has 4 aromatic rings. The fourth-order valence-corrected chi connectivity index (χ4v) is 4.24. The lowest BCUT2D eigenvalue weighted by Gasteiger charge is -2.35. The Morgan fingerprint density at radius 2 is 2.19 bits per heavy atom. The Morgan fingerprint density at radius 3 is 3.04 bits per heavy atom. The van der Waals surface area contributed by atoms with Crippen molar-refractivity contribution < 1.29 is 0 Å². The van der Waals surface area contributed by atoms with Crippen LogP contribution in [0, 0.1) is 0 Å². The zero-order valence-corrected chi connectivity index (χ0v) is 15.5. The van der Waals surface area contributed by atoms with Crippen LogP contribution in [-0.4, -0.2) is 31.0 Å². The number of nitrogens with one attached hydrogen (secondary N) is 1. The average molecular weight is 357 g/mol. The third kappa shape index (κ3) is 2.84. The number of fused-ring (bicyclic) bond motifs is 2. The topological polar surface area (TPSA) is 49.7 Å². The summed E-state index contributed by atoms with van der Waals surface area (Å²) in [6, 6.07) is 13.3. The van der Waals surface area contributed by atoms with E-state index in [0.717, 1.165) is 31.7 Å². The first-order chi connectivity index (χ1) is 13.3. The van der Waals surface area contributed by atoms with Crippen LogP contribution in [-0.2, 0) is 19.5 Å². The first kappa shape index (κ1) is 16.3. The van der Waals surface area contributed by atoms with E-state index in [2.05, 4.69) is 67.9 Å². The zero-order valence-electron chi connectivity index (χ0n) is 15.5. The molecule has 1 N–H and O–H groups in total. The van der Waals surface area contributed by atoms with E-state index in [0.29, 0.717) is 0 Å². The smallest absolute Gasteiger partial charge is 0.0926 e. The highest BCUT2D eigenvalue weighted by atomic mass is 15.2. The summed E-state index contributed by atoms with van der Waals surface area (Å²) < 4.78 is 2.31. The number of aromatic amines is 1. The largest absolute Gasteiger partial charge is 0.348 e. The van der Waals surface area contributed by atoms with Gasteiger partial charge in [-0.1, -0.05) is 18.2 Å². The number of hydrogen-bond donors (Lipinski definition) is 1. The number of H-pyrrole nitrogens is 1. The molecular weight excluding hydrogens is 334 g/mol. The molecule has 0 radical (unpaired) electrons. The van der Waals surface area contributed by atoms with Crippen molar-refractivity contribution in [2.24, 2.45) is 0 Å². The molecule has 0 saturated heterocycles. The highest BCUT2D eigenvalue weighted by Gasteiger charge is 2.31. The number of nitrogens with zero attached hydrogens (tertiary/aromatic N) is 4. The van der Waals surface area contributed by atoms with Crippen molar-refractivity contribution in [1.29, 1.82) is 0 Å². The van der Waals surface area contributed by atoms with E-state index < -0.39 is 0 Å². The molecule has 0 amide bonds. The zero-order chi connectivity index (χ0) is 18.2. The molecule has 0 spiro atoms. The SMILES string of the molecule is CCn1ccc2ccc(CN3CCc4[nH]cnc4[C@@H]3c3cccnc3)cc21. The van der Waals surface area contributed by atoms with Gasteiger partial charge < -0.3 is 9.55 Å². The number of benzene rings is 1. The second-order valence-corrected chi connectivity index (χ2v) is 7.17. The second-order valence-electron chi connectivity index (χ2n) is 7.17. The summed E-state index contributed by atoms with van der Waals surface area (Å²) in [5.41, 5.74) is 6.22. The summed E-state index contributed by atoms with van der Waals surface area (Å²) in [4.78, 5) is 14.8. The van der Waals surface area contributed by atoms with E-state index in [4.69, 9.17) is 0 Å². The molecule has 1 atom stereocenters. The summed E-state index contributed by atoms with van der Waals surface area (Å²) in [5.74, 6) is 0. The Morgan fingerprint density at radius 1 is 1.22 bits per heavy atom. The van der Waals surface area contributed by atoms with Crippen molar-refractivity contribution in [2.45, 2.75) is 32.5 Å². The minimum absolute atomic E-state index is 0.141.